The Morgan fingerprint density at radius 2 is 1.50 bits per heavy atom. The summed E-state index contributed by atoms with van der Waals surface area (Å²) in [6, 6.07) is 13.2. The SMILES string of the molecule is COc1ccc(CC[NH2+]Cc2ccc(C(F)(F)F)cc2)cc1. The molecule has 0 aliphatic carbocycles. The van der Waals surface area contributed by atoms with Crippen LogP contribution in [-0.2, 0) is 19.1 Å². The van der Waals surface area contributed by atoms with Gasteiger partial charge in [0.25, 0.3) is 0 Å². The van der Waals surface area contributed by atoms with E-state index < -0.39 is 11.7 Å². The van der Waals surface area contributed by atoms with E-state index in [0.717, 1.165) is 36.4 Å². The number of nitrogens with two attached hydrogens (primary N) is 1. The van der Waals surface area contributed by atoms with Crippen molar-refractivity contribution in [3.05, 3.63) is 65.2 Å². The van der Waals surface area contributed by atoms with Crippen LogP contribution in [0.5, 0.6) is 5.75 Å². The Morgan fingerprint density at radius 3 is 2.05 bits per heavy atom. The van der Waals surface area contributed by atoms with Crippen molar-refractivity contribution < 1.29 is 23.2 Å². The van der Waals surface area contributed by atoms with Gasteiger partial charge in [-0.3, -0.25) is 0 Å². The molecule has 2 aromatic rings. The molecule has 22 heavy (non-hydrogen) atoms. The number of benzene rings is 2. The highest BCUT2D eigenvalue weighted by Gasteiger charge is 2.29. The Labute approximate surface area is 127 Å². The smallest absolute Gasteiger partial charge is 0.416 e. The molecule has 0 aliphatic heterocycles. The zero-order chi connectivity index (χ0) is 16.0. The van der Waals surface area contributed by atoms with Crippen LogP contribution in [0, 0.1) is 0 Å². The molecule has 0 spiro atoms. The first-order chi connectivity index (χ1) is 10.5. The van der Waals surface area contributed by atoms with Gasteiger partial charge in [-0.05, 0) is 29.8 Å². The summed E-state index contributed by atoms with van der Waals surface area (Å²) < 4.78 is 42.5. The highest BCUT2D eigenvalue weighted by molar-refractivity contribution is 5.27. The summed E-state index contributed by atoms with van der Waals surface area (Å²) in [5.74, 6) is 0.831. The van der Waals surface area contributed by atoms with E-state index in [4.69, 9.17) is 4.74 Å². The van der Waals surface area contributed by atoms with Gasteiger partial charge >= 0.3 is 6.18 Å². The number of alkyl halides is 3. The van der Waals surface area contributed by atoms with Gasteiger partial charge in [0.15, 0.2) is 0 Å². The van der Waals surface area contributed by atoms with Crippen LogP contribution >= 0.6 is 0 Å². The molecule has 0 heterocycles. The van der Waals surface area contributed by atoms with Crippen LogP contribution in [0.25, 0.3) is 0 Å². The fraction of sp³-hybridized carbons (Fsp3) is 0.294. The van der Waals surface area contributed by atoms with Crippen molar-refractivity contribution in [2.45, 2.75) is 19.1 Å². The quantitative estimate of drug-likeness (QED) is 0.816. The predicted octanol–water partition coefficient (Wildman–Crippen LogP) is 3.02. The summed E-state index contributed by atoms with van der Waals surface area (Å²) in [6.45, 7) is 1.56. The standard InChI is InChI=1S/C17H18F3NO/c1-22-16-8-4-13(5-9-16)10-11-21-12-14-2-6-15(7-3-14)17(18,19)20/h2-9,21H,10-12H2,1H3/p+1. The molecule has 2 aromatic carbocycles. The van der Waals surface area contributed by atoms with Crippen LogP contribution in [0.4, 0.5) is 13.2 Å². The summed E-state index contributed by atoms with van der Waals surface area (Å²) in [4.78, 5) is 0. The molecule has 2 N–H and O–H groups in total. The van der Waals surface area contributed by atoms with E-state index in [1.165, 1.54) is 17.7 Å². The minimum absolute atomic E-state index is 0.602. The number of hydrogen-bond donors (Lipinski definition) is 1. The Morgan fingerprint density at radius 1 is 0.909 bits per heavy atom. The maximum absolute atomic E-state index is 12.5. The number of methoxy groups -OCH3 is 1. The average Bonchev–Trinajstić information content (AvgIpc) is 2.52. The number of ether oxygens (including phenoxy) is 1. The lowest BCUT2D eigenvalue weighted by Gasteiger charge is -2.07. The first kappa shape index (κ1) is 16.4. The molecule has 0 aliphatic rings. The van der Waals surface area contributed by atoms with Crippen LogP contribution in [0.2, 0.25) is 0 Å². The lowest BCUT2D eigenvalue weighted by molar-refractivity contribution is -0.670. The van der Waals surface area contributed by atoms with Gasteiger partial charge in [0.2, 0.25) is 0 Å². The third-order valence-corrected chi connectivity index (χ3v) is 3.46. The van der Waals surface area contributed by atoms with E-state index in [2.05, 4.69) is 5.32 Å². The molecule has 5 heteroatoms. The van der Waals surface area contributed by atoms with Crippen LogP contribution in [0.15, 0.2) is 48.5 Å². The topological polar surface area (TPSA) is 25.8 Å². The zero-order valence-electron chi connectivity index (χ0n) is 12.4. The molecule has 0 bridgehead atoms. The normalized spacial score (nSPS) is 11.5. The van der Waals surface area contributed by atoms with E-state index in [0.29, 0.717) is 6.54 Å². The number of hydrogen-bond acceptors (Lipinski definition) is 1. The van der Waals surface area contributed by atoms with E-state index >= 15 is 0 Å². The van der Waals surface area contributed by atoms with Crippen molar-refractivity contribution in [3.63, 3.8) is 0 Å². The molecule has 0 saturated heterocycles. The monoisotopic (exact) mass is 310 g/mol. The molecule has 0 saturated carbocycles. The molecule has 0 unspecified atom stereocenters. The molecule has 0 aromatic heterocycles. The van der Waals surface area contributed by atoms with Crippen molar-refractivity contribution in [3.8, 4) is 5.75 Å². The van der Waals surface area contributed by atoms with Gasteiger partial charge in [0.05, 0.1) is 19.2 Å². The number of rotatable bonds is 6. The summed E-state index contributed by atoms with van der Waals surface area (Å²) in [5.41, 5.74) is 1.50. The van der Waals surface area contributed by atoms with Crippen LogP contribution in [0.3, 0.4) is 0 Å². The molecule has 2 nitrogen and oxygen atoms in total. The number of halogens is 3. The van der Waals surface area contributed by atoms with Crippen molar-refractivity contribution >= 4 is 0 Å². The van der Waals surface area contributed by atoms with Crippen molar-refractivity contribution in [2.75, 3.05) is 13.7 Å². The fourth-order valence-electron chi connectivity index (χ4n) is 2.16. The van der Waals surface area contributed by atoms with Gasteiger partial charge in [-0.15, -0.1) is 0 Å². The minimum atomic E-state index is -4.27. The van der Waals surface area contributed by atoms with Gasteiger partial charge in [-0.1, -0.05) is 24.3 Å². The Bertz CT molecular complexity index is 576. The molecule has 0 fully saturated rings. The van der Waals surface area contributed by atoms with Gasteiger partial charge in [-0.25, -0.2) is 0 Å². The Kier molecular flexibility index (Phi) is 5.44. The predicted molar refractivity (Wildman–Crippen MR) is 78.6 cm³/mol. The van der Waals surface area contributed by atoms with Gasteiger partial charge in [-0.2, -0.15) is 13.2 Å². The van der Waals surface area contributed by atoms with Crippen LogP contribution in [0.1, 0.15) is 16.7 Å². The zero-order valence-corrected chi connectivity index (χ0v) is 12.4. The van der Waals surface area contributed by atoms with E-state index in [1.807, 2.05) is 24.3 Å². The first-order valence-corrected chi connectivity index (χ1v) is 7.10. The molecule has 2 rings (SSSR count). The van der Waals surface area contributed by atoms with Crippen LogP contribution in [-0.4, -0.2) is 13.7 Å². The largest absolute Gasteiger partial charge is 0.497 e. The Hall–Kier alpha value is -2.01. The highest BCUT2D eigenvalue weighted by atomic mass is 19.4. The lowest BCUT2D eigenvalue weighted by atomic mass is 10.1. The summed E-state index contributed by atoms with van der Waals surface area (Å²) in [5, 5.41) is 2.09. The summed E-state index contributed by atoms with van der Waals surface area (Å²) in [7, 11) is 1.63. The van der Waals surface area contributed by atoms with Crippen molar-refractivity contribution in [1.82, 2.24) is 0 Å². The first-order valence-electron chi connectivity index (χ1n) is 7.10. The highest BCUT2D eigenvalue weighted by Crippen LogP contribution is 2.28. The molecular formula is C17H19F3NO+. The van der Waals surface area contributed by atoms with E-state index in [1.54, 1.807) is 7.11 Å². The molecule has 0 atom stereocenters. The van der Waals surface area contributed by atoms with Gasteiger partial charge in [0.1, 0.15) is 12.3 Å². The van der Waals surface area contributed by atoms with Gasteiger partial charge < -0.3 is 10.1 Å². The average molecular weight is 310 g/mol. The third kappa shape index (κ3) is 4.77. The number of quaternary nitrogens is 1. The van der Waals surface area contributed by atoms with Crippen molar-refractivity contribution in [2.24, 2.45) is 0 Å². The van der Waals surface area contributed by atoms with Gasteiger partial charge in [0, 0.05) is 12.0 Å². The summed E-state index contributed by atoms with van der Waals surface area (Å²) in [6.07, 6.45) is -3.36. The fourth-order valence-corrected chi connectivity index (χ4v) is 2.16. The third-order valence-electron chi connectivity index (χ3n) is 3.46. The molecular weight excluding hydrogens is 291 g/mol. The molecule has 0 amide bonds. The second kappa shape index (κ2) is 7.31. The van der Waals surface area contributed by atoms with E-state index in [-0.39, 0.29) is 0 Å². The minimum Gasteiger partial charge on any atom is -0.497 e. The van der Waals surface area contributed by atoms with Crippen LogP contribution < -0.4 is 10.1 Å². The van der Waals surface area contributed by atoms with Crippen molar-refractivity contribution in [1.29, 1.82) is 0 Å². The van der Waals surface area contributed by atoms with E-state index in [9.17, 15) is 13.2 Å². The Balaban J connectivity index is 1.76. The maximum atomic E-state index is 12.5. The second-order valence-corrected chi connectivity index (χ2v) is 5.07. The second-order valence-electron chi connectivity index (χ2n) is 5.07. The lowest BCUT2D eigenvalue weighted by Crippen LogP contribution is -2.83. The molecule has 0 radical (unpaired) electrons. The maximum Gasteiger partial charge on any atom is 0.416 e. The summed E-state index contributed by atoms with van der Waals surface area (Å²) >= 11 is 0. The molecule has 118 valence electrons.